The number of rotatable bonds is 2. The summed E-state index contributed by atoms with van der Waals surface area (Å²) in [6.07, 6.45) is 1.62. The van der Waals surface area contributed by atoms with E-state index in [9.17, 15) is 9.59 Å². The molecule has 1 saturated heterocycles. The second kappa shape index (κ2) is 4.88. The highest BCUT2D eigenvalue weighted by molar-refractivity contribution is 6.31. The average molecular weight is 252 g/mol. The van der Waals surface area contributed by atoms with Gasteiger partial charge < -0.3 is 0 Å². The lowest BCUT2D eigenvalue weighted by atomic mass is 9.91. The van der Waals surface area contributed by atoms with Crippen molar-refractivity contribution in [2.24, 2.45) is 5.92 Å². The molecule has 4 heteroatoms. The fraction of sp³-hybridized carbons (Fsp3) is 0.385. The van der Waals surface area contributed by atoms with Crippen molar-refractivity contribution < 1.29 is 9.59 Å². The zero-order chi connectivity index (χ0) is 12.4. The summed E-state index contributed by atoms with van der Waals surface area (Å²) in [5.74, 6) is -0.507. The van der Waals surface area contributed by atoms with E-state index in [1.807, 2.05) is 25.1 Å². The Bertz CT molecular complexity index is 470. The molecule has 1 atom stereocenters. The SMILES string of the molecule is Cc1ccc(CC2CCC(=O)NC2=O)c(Cl)c1. The average Bonchev–Trinajstić information content (AvgIpc) is 2.25. The minimum atomic E-state index is -0.183. The molecule has 0 spiro atoms. The first-order valence-electron chi connectivity index (χ1n) is 5.65. The van der Waals surface area contributed by atoms with Gasteiger partial charge in [-0.2, -0.15) is 0 Å². The molecule has 1 N–H and O–H groups in total. The molecule has 1 aliphatic heterocycles. The van der Waals surface area contributed by atoms with Crippen LogP contribution in [-0.4, -0.2) is 11.8 Å². The minimum absolute atomic E-state index is 0.145. The number of imide groups is 1. The van der Waals surface area contributed by atoms with Crippen molar-refractivity contribution in [3.8, 4) is 0 Å². The van der Waals surface area contributed by atoms with Gasteiger partial charge in [-0.25, -0.2) is 0 Å². The van der Waals surface area contributed by atoms with E-state index in [1.54, 1.807) is 0 Å². The second-order valence-corrected chi connectivity index (χ2v) is 4.85. The van der Waals surface area contributed by atoms with Gasteiger partial charge in [0.1, 0.15) is 0 Å². The van der Waals surface area contributed by atoms with E-state index < -0.39 is 0 Å². The monoisotopic (exact) mass is 251 g/mol. The Hall–Kier alpha value is -1.35. The molecule has 3 nitrogen and oxygen atoms in total. The van der Waals surface area contributed by atoms with E-state index in [2.05, 4.69) is 5.32 Å². The van der Waals surface area contributed by atoms with Gasteiger partial charge in [-0.1, -0.05) is 23.7 Å². The van der Waals surface area contributed by atoms with Crippen LogP contribution >= 0.6 is 11.6 Å². The zero-order valence-electron chi connectivity index (χ0n) is 9.63. The predicted molar refractivity (Wildman–Crippen MR) is 65.8 cm³/mol. The lowest BCUT2D eigenvalue weighted by molar-refractivity contribution is -0.136. The summed E-state index contributed by atoms with van der Waals surface area (Å²) in [6, 6.07) is 5.82. The maximum atomic E-state index is 11.6. The van der Waals surface area contributed by atoms with E-state index in [4.69, 9.17) is 11.6 Å². The Morgan fingerprint density at radius 3 is 2.82 bits per heavy atom. The number of carbonyl (C=O) groups is 2. The molecule has 2 amide bonds. The van der Waals surface area contributed by atoms with E-state index >= 15 is 0 Å². The van der Waals surface area contributed by atoms with Gasteiger partial charge in [0, 0.05) is 17.4 Å². The van der Waals surface area contributed by atoms with Gasteiger partial charge in [0.05, 0.1) is 0 Å². The molecule has 1 aromatic carbocycles. The largest absolute Gasteiger partial charge is 0.296 e. The Kier molecular flexibility index (Phi) is 3.48. The normalized spacial score (nSPS) is 20.2. The number of amides is 2. The summed E-state index contributed by atoms with van der Waals surface area (Å²) in [7, 11) is 0. The predicted octanol–water partition coefficient (Wildman–Crippen LogP) is 2.24. The maximum absolute atomic E-state index is 11.6. The van der Waals surface area contributed by atoms with Crippen LogP contribution < -0.4 is 5.32 Å². The first-order chi connectivity index (χ1) is 8.06. The third-order valence-corrected chi connectivity index (χ3v) is 3.38. The Balaban J connectivity index is 2.10. The second-order valence-electron chi connectivity index (χ2n) is 4.45. The number of aryl methyl sites for hydroxylation is 1. The Labute approximate surface area is 105 Å². The summed E-state index contributed by atoms with van der Waals surface area (Å²) in [5, 5.41) is 3.05. The summed E-state index contributed by atoms with van der Waals surface area (Å²) >= 11 is 6.13. The number of hydrogen-bond acceptors (Lipinski definition) is 2. The van der Waals surface area contributed by atoms with Crippen molar-refractivity contribution in [3.05, 3.63) is 34.3 Å². The van der Waals surface area contributed by atoms with Crippen LogP contribution in [0.25, 0.3) is 0 Å². The molecule has 0 radical (unpaired) electrons. The standard InChI is InChI=1S/C13H14ClNO2/c1-8-2-3-9(11(14)6-8)7-10-4-5-12(16)15-13(10)17/h2-3,6,10H,4-5,7H2,1H3,(H,15,16,17). The summed E-state index contributed by atoms with van der Waals surface area (Å²) in [4.78, 5) is 22.6. The maximum Gasteiger partial charge on any atom is 0.230 e. The summed E-state index contributed by atoms with van der Waals surface area (Å²) in [5.41, 5.74) is 2.06. The first-order valence-corrected chi connectivity index (χ1v) is 6.03. The number of benzene rings is 1. The molecular formula is C13H14ClNO2. The highest BCUT2D eigenvalue weighted by atomic mass is 35.5. The van der Waals surface area contributed by atoms with Crippen molar-refractivity contribution in [3.63, 3.8) is 0 Å². The molecule has 0 aliphatic carbocycles. The first kappa shape index (κ1) is 12.1. The fourth-order valence-corrected chi connectivity index (χ4v) is 2.33. The van der Waals surface area contributed by atoms with Crippen molar-refractivity contribution in [1.29, 1.82) is 0 Å². The van der Waals surface area contributed by atoms with E-state index in [1.165, 1.54) is 0 Å². The van der Waals surface area contributed by atoms with Crippen LogP contribution in [0.1, 0.15) is 24.0 Å². The van der Waals surface area contributed by atoms with E-state index in [-0.39, 0.29) is 17.7 Å². The molecule has 1 aromatic rings. The van der Waals surface area contributed by atoms with E-state index in [0.717, 1.165) is 11.1 Å². The molecule has 1 heterocycles. The molecule has 0 aromatic heterocycles. The lowest BCUT2D eigenvalue weighted by Gasteiger charge is -2.21. The highest BCUT2D eigenvalue weighted by Crippen LogP contribution is 2.24. The van der Waals surface area contributed by atoms with E-state index in [0.29, 0.717) is 24.3 Å². The van der Waals surface area contributed by atoms with Gasteiger partial charge in [0.15, 0.2) is 0 Å². The quantitative estimate of drug-likeness (QED) is 0.820. The van der Waals surface area contributed by atoms with Gasteiger partial charge in [0.25, 0.3) is 0 Å². The molecule has 90 valence electrons. The van der Waals surface area contributed by atoms with Crippen LogP contribution in [0.15, 0.2) is 18.2 Å². The number of nitrogens with one attached hydrogen (secondary N) is 1. The molecule has 17 heavy (non-hydrogen) atoms. The Morgan fingerprint density at radius 1 is 1.41 bits per heavy atom. The van der Waals surface area contributed by atoms with Crippen molar-refractivity contribution in [2.45, 2.75) is 26.2 Å². The van der Waals surface area contributed by atoms with Gasteiger partial charge in [-0.05, 0) is 37.0 Å². The lowest BCUT2D eigenvalue weighted by Crippen LogP contribution is -2.41. The molecule has 1 unspecified atom stereocenters. The smallest absolute Gasteiger partial charge is 0.230 e. The molecule has 2 rings (SSSR count). The summed E-state index contributed by atoms with van der Waals surface area (Å²) in [6.45, 7) is 1.97. The highest BCUT2D eigenvalue weighted by Gasteiger charge is 2.26. The number of halogens is 1. The Morgan fingerprint density at radius 2 is 2.18 bits per heavy atom. The van der Waals surface area contributed by atoms with Gasteiger partial charge in [0.2, 0.25) is 11.8 Å². The van der Waals surface area contributed by atoms with Crippen LogP contribution in [0.3, 0.4) is 0 Å². The van der Waals surface area contributed by atoms with Gasteiger partial charge in [-0.3, -0.25) is 14.9 Å². The van der Waals surface area contributed by atoms with Crippen LogP contribution in [-0.2, 0) is 16.0 Å². The number of hydrogen-bond donors (Lipinski definition) is 1. The van der Waals surface area contributed by atoms with Crippen molar-refractivity contribution in [2.75, 3.05) is 0 Å². The van der Waals surface area contributed by atoms with Gasteiger partial charge in [-0.15, -0.1) is 0 Å². The van der Waals surface area contributed by atoms with Crippen molar-refractivity contribution >= 4 is 23.4 Å². The molecule has 1 fully saturated rings. The minimum Gasteiger partial charge on any atom is -0.296 e. The zero-order valence-corrected chi connectivity index (χ0v) is 10.4. The number of piperidine rings is 1. The molecule has 0 bridgehead atoms. The van der Waals surface area contributed by atoms with Gasteiger partial charge >= 0.3 is 0 Å². The summed E-state index contributed by atoms with van der Waals surface area (Å²) < 4.78 is 0. The van der Waals surface area contributed by atoms with Crippen LogP contribution in [0.2, 0.25) is 5.02 Å². The molecule has 0 saturated carbocycles. The molecule has 1 aliphatic rings. The number of carbonyl (C=O) groups excluding carboxylic acids is 2. The third kappa shape index (κ3) is 2.86. The third-order valence-electron chi connectivity index (χ3n) is 3.03. The van der Waals surface area contributed by atoms with Crippen molar-refractivity contribution in [1.82, 2.24) is 5.32 Å². The van der Waals surface area contributed by atoms with Crippen LogP contribution in [0, 0.1) is 12.8 Å². The van der Waals surface area contributed by atoms with Crippen LogP contribution in [0.5, 0.6) is 0 Å². The van der Waals surface area contributed by atoms with Crippen LogP contribution in [0.4, 0.5) is 0 Å². The molecular weight excluding hydrogens is 238 g/mol. The fourth-order valence-electron chi connectivity index (χ4n) is 2.02. The topological polar surface area (TPSA) is 46.2 Å².